The third kappa shape index (κ3) is 2.66. The van der Waals surface area contributed by atoms with Crippen molar-refractivity contribution < 1.29 is 0 Å². The lowest BCUT2D eigenvalue weighted by Gasteiger charge is -2.03. The molecule has 0 amide bonds. The van der Waals surface area contributed by atoms with E-state index in [1.165, 1.54) is 11.3 Å². The molecule has 0 aliphatic heterocycles. The summed E-state index contributed by atoms with van der Waals surface area (Å²) < 4.78 is 0. The van der Waals surface area contributed by atoms with Crippen LogP contribution in [-0.2, 0) is 6.54 Å². The highest BCUT2D eigenvalue weighted by Gasteiger charge is 1.97. The summed E-state index contributed by atoms with van der Waals surface area (Å²) in [5.74, 6) is 0.813. The van der Waals surface area contributed by atoms with Crippen LogP contribution in [0.25, 0.3) is 0 Å². The lowest BCUT2D eigenvalue weighted by Crippen LogP contribution is -2.03. The summed E-state index contributed by atoms with van der Waals surface area (Å²) >= 11 is 1.17. The normalized spacial score (nSPS) is 10.2. The van der Waals surface area contributed by atoms with Crippen LogP contribution in [0.4, 0.5) is 5.82 Å². The van der Waals surface area contributed by atoms with E-state index in [1.54, 1.807) is 6.20 Å². The number of H-pyrrole nitrogens is 1. The molecule has 0 aliphatic carbocycles. The van der Waals surface area contributed by atoms with Crippen LogP contribution in [0, 0.1) is 6.92 Å². The second-order valence-electron chi connectivity index (χ2n) is 3.25. The van der Waals surface area contributed by atoms with Crippen LogP contribution in [0.3, 0.4) is 0 Å². The van der Waals surface area contributed by atoms with Crippen molar-refractivity contribution in [2.24, 2.45) is 0 Å². The fourth-order valence-electron chi connectivity index (χ4n) is 1.16. The van der Waals surface area contributed by atoms with E-state index in [0.717, 1.165) is 17.1 Å². The molecule has 0 saturated heterocycles. The number of hydrogen-bond donors (Lipinski definition) is 2. The third-order valence-electron chi connectivity index (χ3n) is 1.94. The first-order chi connectivity index (χ1) is 7.24. The maximum Gasteiger partial charge on any atom is 0.304 e. The van der Waals surface area contributed by atoms with Gasteiger partial charge in [0.05, 0.1) is 6.54 Å². The van der Waals surface area contributed by atoms with Crippen LogP contribution < -0.4 is 10.2 Å². The van der Waals surface area contributed by atoms with Crippen LogP contribution in [0.5, 0.6) is 0 Å². The molecule has 5 heteroatoms. The van der Waals surface area contributed by atoms with Crippen molar-refractivity contribution in [3.05, 3.63) is 44.6 Å². The van der Waals surface area contributed by atoms with Gasteiger partial charge in [-0.05, 0) is 18.6 Å². The molecular formula is C10H11N3OS. The smallest absolute Gasteiger partial charge is 0.304 e. The van der Waals surface area contributed by atoms with E-state index < -0.39 is 0 Å². The summed E-state index contributed by atoms with van der Waals surface area (Å²) in [5.41, 5.74) is 2.01. The number of anilines is 1. The quantitative estimate of drug-likeness (QED) is 0.830. The Morgan fingerprint density at radius 2 is 2.40 bits per heavy atom. The van der Waals surface area contributed by atoms with Gasteiger partial charge in [0, 0.05) is 17.3 Å². The first-order valence-corrected chi connectivity index (χ1v) is 5.45. The number of nitrogens with one attached hydrogen (secondary N) is 2. The molecule has 4 nitrogen and oxygen atoms in total. The van der Waals surface area contributed by atoms with Crippen molar-refractivity contribution in [1.82, 2.24) is 9.97 Å². The number of aromatic nitrogens is 2. The van der Waals surface area contributed by atoms with Crippen molar-refractivity contribution in [1.29, 1.82) is 0 Å². The van der Waals surface area contributed by atoms with Gasteiger partial charge in [0.15, 0.2) is 0 Å². The van der Waals surface area contributed by atoms with E-state index >= 15 is 0 Å². The molecule has 2 aromatic heterocycles. The molecule has 0 aromatic carbocycles. The fraction of sp³-hybridized carbons (Fsp3) is 0.200. The molecular weight excluding hydrogens is 210 g/mol. The van der Waals surface area contributed by atoms with Gasteiger partial charge in [-0.25, -0.2) is 4.98 Å². The SMILES string of the molecule is Cc1ccc(NCc2csc(=O)[nH]2)nc1. The van der Waals surface area contributed by atoms with Crippen molar-refractivity contribution in [3.63, 3.8) is 0 Å². The number of hydrogen-bond acceptors (Lipinski definition) is 4. The largest absolute Gasteiger partial charge is 0.364 e. The van der Waals surface area contributed by atoms with Gasteiger partial charge < -0.3 is 10.3 Å². The van der Waals surface area contributed by atoms with E-state index in [0.29, 0.717) is 6.54 Å². The Kier molecular flexibility index (Phi) is 2.82. The van der Waals surface area contributed by atoms with Crippen LogP contribution in [0.15, 0.2) is 28.5 Å². The molecule has 0 radical (unpaired) electrons. The highest BCUT2D eigenvalue weighted by Crippen LogP contribution is 2.05. The zero-order valence-electron chi connectivity index (χ0n) is 8.28. The molecule has 2 aromatic rings. The van der Waals surface area contributed by atoms with Crippen LogP contribution >= 0.6 is 11.3 Å². The summed E-state index contributed by atoms with van der Waals surface area (Å²) in [6.07, 6.45) is 1.80. The molecule has 2 N–H and O–H groups in total. The Labute approximate surface area is 91.0 Å². The highest BCUT2D eigenvalue weighted by atomic mass is 32.1. The minimum atomic E-state index is -0.0244. The predicted molar refractivity (Wildman–Crippen MR) is 61.2 cm³/mol. The molecule has 2 heterocycles. The topological polar surface area (TPSA) is 57.8 Å². The van der Waals surface area contributed by atoms with Gasteiger partial charge >= 0.3 is 4.87 Å². The average molecular weight is 221 g/mol. The zero-order chi connectivity index (χ0) is 10.7. The maximum atomic E-state index is 10.9. The van der Waals surface area contributed by atoms with Crippen LogP contribution in [0.1, 0.15) is 11.3 Å². The molecule has 0 spiro atoms. The Bertz CT molecular complexity index is 486. The van der Waals surface area contributed by atoms with Gasteiger partial charge in [0.2, 0.25) is 0 Å². The number of rotatable bonds is 3. The van der Waals surface area contributed by atoms with E-state index in [4.69, 9.17) is 0 Å². The Morgan fingerprint density at radius 1 is 1.53 bits per heavy atom. The number of thiazole rings is 1. The Balaban J connectivity index is 1.99. The minimum absolute atomic E-state index is 0.0244. The lowest BCUT2D eigenvalue weighted by atomic mass is 10.3. The van der Waals surface area contributed by atoms with Crippen molar-refractivity contribution in [2.75, 3.05) is 5.32 Å². The zero-order valence-corrected chi connectivity index (χ0v) is 9.10. The molecule has 0 bridgehead atoms. The van der Waals surface area contributed by atoms with Gasteiger partial charge in [0.1, 0.15) is 5.82 Å². The summed E-state index contributed by atoms with van der Waals surface area (Å²) in [4.78, 5) is 17.8. The highest BCUT2D eigenvalue weighted by molar-refractivity contribution is 7.07. The lowest BCUT2D eigenvalue weighted by molar-refractivity contribution is 1.04. The van der Waals surface area contributed by atoms with Gasteiger partial charge in [-0.1, -0.05) is 17.4 Å². The first-order valence-electron chi connectivity index (χ1n) is 4.57. The van der Waals surface area contributed by atoms with Gasteiger partial charge in [-0.3, -0.25) is 4.79 Å². The molecule has 78 valence electrons. The van der Waals surface area contributed by atoms with Gasteiger partial charge in [0.25, 0.3) is 0 Å². The average Bonchev–Trinajstić information content (AvgIpc) is 2.64. The van der Waals surface area contributed by atoms with E-state index in [2.05, 4.69) is 15.3 Å². The summed E-state index contributed by atoms with van der Waals surface area (Å²) in [6.45, 7) is 2.59. The Hall–Kier alpha value is -1.62. The van der Waals surface area contributed by atoms with Crippen molar-refractivity contribution in [3.8, 4) is 0 Å². The van der Waals surface area contributed by atoms with Gasteiger partial charge in [-0.2, -0.15) is 0 Å². The maximum absolute atomic E-state index is 10.9. The molecule has 0 aliphatic rings. The van der Waals surface area contributed by atoms with E-state index in [9.17, 15) is 4.79 Å². The number of nitrogens with zero attached hydrogens (tertiary/aromatic N) is 1. The molecule has 2 rings (SSSR count). The van der Waals surface area contributed by atoms with E-state index in [1.807, 2.05) is 24.4 Å². The number of aromatic amines is 1. The van der Waals surface area contributed by atoms with E-state index in [-0.39, 0.29) is 4.87 Å². The Morgan fingerprint density at radius 3 is 3.00 bits per heavy atom. The van der Waals surface area contributed by atoms with Crippen LogP contribution in [0.2, 0.25) is 0 Å². The molecule has 0 unspecified atom stereocenters. The number of pyridine rings is 1. The van der Waals surface area contributed by atoms with Crippen LogP contribution in [-0.4, -0.2) is 9.97 Å². The fourth-order valence-corrected chi connectivity index (χ4v) is 1.74. The molecule has 0 atom stereocenters. The minimum Gasteiger partial charge on any atom is -0.364 e. The molecule has 15 heavy (non-hydrogen) atoms. The number of aryl methyl sites for hydroxylation is 1. The molecule has 0 saturated carbocycles. The first kappa shape index (κ1) is 9.92. The summed E-state index contributed by atoms with van der Waals surface area (Å²) in [5, 5.41) is 4.94. The second kappa shape index (κ2) is 4.27. The monoisotopic (exact) mass is 221 g/mol. The van der Waals surface area contributed by atoms with Crippen molar-refractivity contribution in [2.45, 2.75) is 13.5 Å². The molecule has 0 fully saturated rings. The third-order valence-corrected chi connectivity index (χ3v) is 2.66. The second-order valence-corrected chi connectivity index (χ2v) is 4.09. The summed E-state index contributed by atoms with van der Waals surface area (Å²) in [6, 6.07) is 3.91. The predicted octanol–water partition coefficient (Wildman–Crippen LogP) is 1.75. The summed E-state index contributed by atoms with van der Waals surface area (Å²) in [7, 11) is 0. The standard InChI is InChI=1S/C10H11N3OS/c1-7-2-3-9(11-4-7)12-5-8-6-15-10(14)13-8/h2-4,6H,5H2,1H3,(H,11,12)(H,13,14). The van der Waals surface area contributed by atoms with Gasteiger partial charge in [-0.15, -0.1) is 0 Å². The van der Waals surface area contributed by atoms with Crippen molar-refractivity contribution >= 4 is 17.2 Å².